The molecule has 0 saturated heterocycles. The molecule has 0 aromatic heterocycles. The first kappa shape index (κ1) is 27.2. The molecule has 0 bridgehead atoms. The molecule has 2 saturated carbocycles. The Balaban J connectivity index is 1.52. The molecular weight excluding hydrogens is 502 g/mol. The number of ether oxygens (including phenoxy) is 3. The van der Waals surface area contributed by atoms with Gasteiger partial charge in [0, 0.05) is 36.5 Å². The van der Waals surface area contributed by atoms with Crippen molar-refractivity contribution in [3.63, 3.8) is 0 Å². The molecule has 208 valence electrons. The summed E-state index contributed by atoms with van der Waals surface area (Å²) in [7, 11) is 0. The molecule has 0 heterocycles. The number of hydrogen-bond acceptors (Lipinski definition) is 8. The zero-order valence-corrected chi connectivity index (χ0v) is 22.8. The van der Waals surface area contributed by atoms with Crippen LogP contribution in [-0.2, 0) is 19.1 Å². The number of hydrogen-bond donors (Lipinski definition) is 0. The van der Waals surface area contributed by atoms with Crippen LogP contribution in [0, 0.1) is 38.7 Å². The zero-order valence-electron chi connectivity index (χ0n) is 22.8. The van der Waals surface area contributed by atoms with Gasteiger partial charge >= 0.3 is 6.16 Å². The summed E-state index contributed by atoms with van der Waals surface area (Å²) in [6, 6.07) is 5.22. The van der Waals surface area contributed by atoms with Crippen molar-refractivity contribution in [1.82, 2.24) is 0 Å². The number of ketones is 2. The number of non-ortho nitro benzene ring substituents is 1. The third-order valence-electron chi connectivity index (χ3n) is 10.0. The summed E-state index contributed by atoms with van der Waals surface area (Å²) >= 11 is 0. The van der Waals surface area contributed by atoms with Gasteiger partial charge in [0.2, 0.25) is 0 Å². The normalized spacial score (nSPS) is 36.7. The summed E-state index contributed by atoms with van der Waals surface area (Å²) in [5.41, 5.74) is -1.12. The molecular formula is C30H35NO8. The van der Waals surface area contributed by atoms with Gasteiger partial charge in [-0.25, -0.2) is 4.79 Å². The molecule has 7 atom stereocenters. The van der Waals surface area contributed by atoms with Crippen molar-refractivity contribution >= 4 is 23.4 Å². The van der Waals surface area contributed by atoms with Crippen molar-refractivity contribution in [3.05, 3.63) is 58.2 Å². The van der Waals surface area contributed by atoms with Gasteiger partial charge in [-0.2, -0.15) is 0 Å². The van der Waals surface area contributed by atoms with Crippen molar-refractivity contribution in [2.24, 2.45) is 28.6 Å². The Morgan fingerprint density at radius 1 is 1.15 bits per heavy atom. The number of fused-ring (bicyclic) bond motifs is 5. The maximum Gasteiger partial charge on any atom is 0.514 e. The fourth-order valence-electron chi connectivity index (χ4n) is 8.24. The standard InChI is InChI=1S/C30H35NO8/c1-5-37-30(18(2)32)15-13-24-23-11-6-19-16-21(33)12-14-28(19,3)26(23)25(17-29(24,30)4)39-27(34)38-22-9-7-20(8-10-22)31(35)36/h6-11,16,23-26H,5,12-15,17H2,1-4H3/t23-,24-,25-,26-,28+,29-,30-/m0/s1. The third-order valence-corrected chi connectivity index (χ3v) is 10.0. The molecule has 0 spiro atoms. The molecule has 4 aliphatic rings. The molecule has 9 nitrogen and oxygen atoms in total. The van der Waals surface area contributed by atoms with Crippen LogP contribution >= 0.6 is 0 Å². The van der Waals surface area contributed by atoms with Gasteiger partial charge in [0.05, 0.1) is 4.92 Å². The van der Waals surface area contributed by atoms with Crippen LogP contribution in [0.4, 0.5) is 10.5 Å². The van der Waals surface area contributed by atoms with Crippen LogP contribution in [0.25, 0.3) is 0 Å². The number of allylic oxidation sites excluding steroid dienone is 4. The minimum Gasteiger partial charge on any atom is -0.430 e. The minimum atomic E-state index is -0.978. The Hall–Kier alpha value is -3.33. The van der Waals surface area contributed by atoms with Crippen LogP contribution < -0.4 is 4.74 Å². The first-order valence-electron chi connectivity index (χ1n) is 13.7. The quantitative estimate of drug-likeness (QED) is 0.194. The van der Waals surface area contributed by atoms with E-state index in [0.29, 0.717) is 32.3 Å². The Morgan fingerprint density at radius 3 is 2.51 bits per heavy atom. The van der Waals surface area contributed by atoms with Crippen LogP contribution in [0.2, 0.25) is 0 Å². The van der Waals surface area contributed by atoms with E-state index in [4.69, 9.17) is 14.2 Å². The lowest BCUT2D eigenvalue weighted by atomic mass is 9.47. The monoisotopic (exact) mass is 537 g/mol. The summed E-state index contributed by atoms with van der Waals surface area (Å²) in [6.45, 7) is 8.09. The third kappa shape index (κ3) is 4.22. The van der Waals surface area contributed by atoms with E-state index in [-0.39, 0.29) is 46.2 Å². The first-order valence-corrected chi connectivity index (χ1v) is 13.7. The highest BCUT2D eigenvalue weighted by molar-refractivity contribution is 5.92. The van der Waals surface area contributed by atoms with Crippen molar-refractivity contribution in [2.75, 3.05) is 6.61 Å². The Bertz CT molecular complexity index is 1270. The van der Waals surface area contributed by atoms with Gasteiger partial charge in [0.25, 0.3) is 5.69 Å². The molecule has 0 amide bonds. The van der Waals surface area contributed by atoms with Gasteiger partial charge in [-0.3, -0.25) is 19.7 Å². The fraction of sp³-hybridized carbons (Fsp3) is 0.567. The van der Waals surface area contributed by atoms with Crippen molar-refractivity contribution < 1.29 is 33.5 Å². The van der Waals surface area contributed by atoms with Gasteiger partial charge in [-0.05, 0) is 80.6 Å². The highest BCUT2D eigenvalue weighted by Gasteiger charge is 2.69. The second kappa shape index (κ2) is 9.70. The molecule has 2 fully saturated rings. The SMILES string of the molecule is CCO[C@]1(C(C)=O)CC[C@H]2[C@@H]3C=CC4=CC(=O)CC[C@@]4(C)[C@@H]3[C@@H](OC(=O)Oc3ccc([N+](=O)[O-])cc3)C[C@@]21C. The van der Waals surface area contributed by atoms with E-state index in [1.807, 2.05) is 13.0 Å². The van der Waals surface area contributed by atoms with Crippen LogP contribution in [-0.4, -0.2) is 41.0 Å². The molecule has 0 aliphatic heterocycles. The molecule has 1 aromatic rings. The Labute approximate surface area is 227 Å². The van der Waals surface area contributed by atoms with E-state index in [2.05, 4.69) is 19.9 Å². The molecule has 1 aromatic carbocycles. The molecule has 39 heavy (non-hydrogen) atoms. The Kier molecular flexibility index (Phi) is 6.77. The second-order valence-corrected chi connectivity index (χ2v) is 11.8. The van der Waals surface area contributed by atoms with Crippen LogP contribution in [0.1, 0.15) is 59.8 Å². The van der Waals surface area contributed by atoms with Gasteiger partial charge in [-0.15, -0.1) is 0 Å². The van der Waals surface area contributed by atoms with Crippen LogP contribution in [0.5, 0.6) is 5.75 Å². The average molecular weight is 538 g/mol. The lowest BCUT2D eigenvalue weighted by Gasteiger charge is -2.59. The highest BCUT2D eigenvalue weighted by atomic mass is 16.7. The van der Waals surface area contributed by atoms with E-state index in [9.17, 15) is 24.5 Å². The number of Topliss-reactive ketones (excluding diaryl/α,β-unsaturated/α-hetero) is 1. The predicted molar refractivity (Wildman–Crippen MR) is 141 cm³/mol. The number of benzene rings is 1. The lowest BCUT2D eigenvalue weighted by molar-refractivity contribution is -0.384. The van der Waals surface area contributed by atoms with Gasteiger partial charge in [0.15, 0.2) is 11.6 Å². The second-order valence-electron chi connectivity index (χ2n) is 11.8. The van der Waals surface area contributed by atoms with Crippen molar-refractivity contribution in [3.8, 4) is 5.75 Å². The highest BCUT2D eigenvalue weighted by Crippen LogP contribution is 2.67. The lowest BCUT2D eigenvalue weighted by Crippen LogP contribution is -2.62. The maximum absolute atomic E-state index is 13.2. The average Bonchev–Trinajstić information content (AvgIpc) is 3.17. The van der Waals surface area contributed by atoms with Gasteiger partial charge in [-0.1, -0.05) is 26.0 Å². The summed E-state index contributed by atoms with van der Waals surface area (Å²) in [6.07, 6.45) is 7.29. The molecule has 0 unspecified atom stereocenters. The number of nitro benzene ring substituents is 1. The number of rotatable bonds is 6. The molecule has 0 N–H and O–H groups in total. The summed E-state index contributed by atoms with van der Waals surface area (Å²) in [5, 5.41) is 11.0. The summed E-state index contributed by atoms with van der Waals surface area (Å²) in [5.74, 6) is 0.236. The molecule has 4 aliphatic carbocycles. The predicted octanol–water partition coefficient (Wildman–Crippen LogP) is 5.76. The number of nitro groups is 1. The van der Waals surface area contributed by atoms with Gasteiger partial charge < -0.3 is 14.2 Å². The smallest absolute Gasteiger partial charge is 0.430 e. The number of carbonyl (C=O) groups is 3. The van der Waals surface area contributed by atoms with Crippen LogP contribution in [0.15, 0.2) is 48.1 Å². The number of nitrogens with zero attached hydrogens (tertiary/aromatic N) is 1. The zero-order chi connectivity index (χ0) is 28.2. The minimum absolute atomic E-state index is 0.0120. The van der Waals surface area contributed by atoms with Crippen molar-refractivity contribution in [1.29, 1.82) is 0 Å². The fourth-order valence-corrected chi connectivity index (χ4v) is 8.24. The largest absolute Gasteiger partial charge is 0.514 e. The topological polar surface area (TPSA) is 122 Å². The number of carbonyl (C=O) groups excluding carboxylic acids is 3. The first-order chi connectivity index (χ1) is 18.4. The van der Waals surface area contributed by atoms with Crippen LogP contribution in [0.3, 0.4) is 0 Å². The maximum atomic E-state index is 13.2. The molecule has 0 radical (unpaired) electrons. The summed E-state index contributed by atoms with van der Waals surface area (Å²) < 4.78 is 17.8. The molecule has 9 heteroatoms. The van der Waals surface area contributed by atoms with E-state index in [0.717, 1.165) is 12.0 Å². The summed E-state index contributed by atoms with van der Waals surface area (Å²) in [4.78, 5) is 49.1. The van der Waals surface area contributed by atoms with E-state index in [1.165, 1.54) is 24.3 Å². The Morgan fingerprint density at radius 2 is 1.87 bits per heavy atom. The van der Waals surface area contributed by atoms with E-state index >= 15 is 0 Å². The molecule has 5 rings (SSSR count). The van der Waals surface area contributed by atoms with Crippen molar-refractivity contribution in [2.45, 2.75) is 71.5 Å². The van der Waals surface area contributed by atoms with E-state index < -0.39 is 28.2 Å². The van der Waals surface area contributed by atoms with Gasteiger partial charge in [0.1, 0.15) is 17.5 Å². The van der Waals surface area contributed by atoms with E-state index in [1.54, 1.807) is 13.0 Å².